The molecule has 0 bridgehead atoms. The number of hydrogen-bond acceptors (Lipinski definition) is 7. The van der Waals surface area contributed by atoms with Crippen molar-refractivity contribution in [3.63, 3.8) is 0 Å². The van der Waals surface area contributed by atoms with E-state index in [9.17, 15) is 29.8 Å². The summed E-state index contributed by atoms with van der Waals surface area (Å²) in [6, 6.07) is 15.7. The molecule has 1 aromatic heterocycles. The zero-order valence-electron chi connectivity index (χ0n) is 16.4. The van der Waals surface area contributed by atoms with Crippen LogP contribution in [0.3, 0.4) is 0 Å². The van der Waals surface area contributed by atoms with Crippen molar-refractivity contribution < 1.29 is 38.9 Å². The lowest BCUT2D eigenvalue weighted by Crippen LogP contribution is -2.15. The second-order valence-corrected chi connectivity index (χ2v) is 10.6. The molecular weight excluding hydrogens is 496 g/mol. The summed E-state index contributed by atoms with van der Waals surface area (Å²) < 4.78 is 96.0. The van der Waals surface area contributed by atoms with Crippen LogP contribution in [0.2, 0.25) is 0 Å². The molecule has 0 saturated heterocycles. The van der Waals surface area contributed by atoms with Crippen LogP contribution in [0.15, 0.2) is 87.7 Å². The molecule has 0 atom stereocenters. The van der Waals surface area contributed by atoms with Crippen molar-refractivity contribution in [1.29, 1.82) is 0 Å². The number of aromatic nitrogens is 2. The molecule has 0 amide bonds. The molecule has 0 unspecified atom stereocenters. The van der Waals surface area contributed by atoms with Crippen molar-refractivity contribution in [3.8, 4) is 11.4 Å². The molecule has 33 heavy (non-hydrogen) atoms. The molecule has 3 aromatic carbocycles. The van der Waals surface area contributed by atoms with E-state index in [4.69, 9.17) is 9.11 Å². The summed E-state index contributed by atoms with van der Waals surface area (Å²) in [5, 5.41) is -0.430. The smallest absolute Gasteiger partial charge is 0.297 e. The Kier molecular flexibility index (Phi) is 6.69. The van der Waals surface area contributed by atoms with E-state index < -0.39 is 45.0 Å². The molecule has 4 rings (SSSR count). The van der Waals surface area contributed by atoms with E-state index in [1.165, 1.54) is 18.2 Å². The Bertz CT molecular complexity index is 1610. The average Bonchev–Trinajstić information content (AvgIpc) is 3.26. The second-order valence-electron chi connectivity index (χ2n) is 6.48. The van der Waals surface area contributed by atoms with Gasteiger partial charge in [0.1, 0.15) is 20.5 Å². The molecule has 1 heterocycles. The van der Waals surface area contributed by atoms with Crippen LogP contribution < -0.4 is 0 Å². The van der Waals surface area contributed by atoms with Crippen molar-refractivity contribution >= 4 is 41.1 Å². The average molecular weight is 513 g/mol. The van der Waals surface area contributed by atoms with Gasteiger partial charge in [0.25, 0.3) is 30.4 Å². The van der Waals surface area contributed by atoms with Crippen LogP contribution in [-0.2, 0) is 30.4 Å². The van der Waals surface area contributed by atoms with Crippen LogP contribution in [-0.4, -0.2) is 48.9 Å². The third kappa shape index (κ3) is 5.62. The molecule has 14 heteroatoms. The maximum absolute atomic E-state index is 11.5. The lowest BCUT2D eigenvalue weighted by Gasteiger charge is -2.12. The van der Waals surface area contributed by atoms with Gasteiger partial charge in [0.15, 0.2) is 0 Å². The Balaban J connectivity index is 0.000000231. The van der Waals surface area contributed by atoms with Gasteiger partial charge in [0.2, 0.25) is 0 Å². The minimum absolute atomic E-state index is 0.0878. The quantitative estimate of drug-likeness (QED) is 0.295. The van der Waals surface area contributed by atoms with Gasteiger partial charge >= 0.3 is 0 Å². The number of nitrogens with one attached hydrogen (secondary N) is 1. The summed E-state index contributed by atoms with van der Waals surface area (Å²) in [7, 11) is -15.8. The molecule has 11 nitrogen and oxygen atoms in total. The van der Waals surface area contributed by atoms with E-state index in [1.54, 1.807) is 6.20 Å². The number of imidazole rings is 1. The second kappa shape index (κ2) is 9.01. The summed E-state index contributed by atoms with van der Waals surface area (Å²) in [6.45, 7) is 0. The zero-order chi connectivity index (χ0) is 24.4. The van der Waals surface area contributed by atoms with E-state index in [0.29, 0.717) is 6.07 Å². The Hall–Kier alpha value is -3.14. The molecule has 4 aromatic rings. The Morgan fingerprint density at radius 3 is 1.79 bits per heavy atom. The van der Waals surface area contributed by atoms with Crippen LogP contribution in [0.1, 0.15) is 0 Å². The van der Waals surface area contributed by atoms with Gasteiger partial charge in [-0.1, -0.05) is 54.6 Å². The van der Waals surface area contributed by atoms with Crippen LogP contribution in [0.25, 0.3) is 22.2 Å². The van der Waals surface area contributed by atoms with E-state index in [1.807, 2.05) is 36.5 Å². The van der Waals surface area contributed by atoms with E-state index in [2.05, 4.69) is 9.97 Å². The highest BCUT2D eigenvalue weighted by Crippen LogP contribution is 2.35. The molecule has 0 aliphatic carbocycles. The third-order valence-electron chi connectivity index (χ3n) is 4.26. The zero-order valence-corrected chi connectivity index (χ0v) is 18.8. The Morgan fingerprint density at radius 1 is 0.697 bits per heavy atom. The summed E-state index contributed by atoms with van der Waals surface area (Å²) in [6.07, 6.45) is 3.57. The largest absolute Gasteiger partial charge is 0.345 e. The molecule has 0 aliphatic rings. The standard InChI is InChI=1S/C10H8O9S3.C9H8N2/c11-20(12,13)8-5-6-3-1-2-4-7(6)9(21(14,15)16)10(8)22(17,18)19;1-2-4-8(5-3-1)9-10-6-7-11-9/h1-5H,(H,11,12,13)(H,14,15,16)(H,17,18,19);1-7H,(H,10,11). The third-order valence-corrected chi connectivity index (χ3v) is 7.28. The fraction of sp³-hybridized carbons (Fsp3) is 0. The minimum atomic E-state index is -5.40. The highest BCUT2D eigenvalue weighted by Gasteiger charge is 2.34. The molecule has 174 valence electrons. The SMILES string of the molecule is O=S(=O)(O)c1cc2ccccc2c(S(=O)(=O)O)c1S(=O)(=O)O.c1ccc(-c2ncc[nH]2)cc1. The molecule has 4 N–H and O–H groups in total. The normalized spacial score (nSPS) is 12.2. The van der Waals surface area contributed by atoms with Gasteiger partial charge in [-0.2, -0.15) is 25.3 Å². The maximum Gasteiger partial charge on any atom is 0.297 e. The van der Waals surface area contributed by atoms with E-state index in [-0.39, 0.29) is 10.8 Å². The van der Waals surface area contributed by atoms with Crippen molar-refractivity contribution in [3.05, 3.63) is 73.1 Å². The fourth-order valence-electron chi connectivity index (χ4n) is 2.98. The highest BCUT2D eigenvalue weighted by molar-refractivity contribution is 7.90. The summed E-state index contributed by atoms with van der Waals surface area (Å²) >= 11 is 0. The molecule has 0 spiro atoms. The monoisotopic (exact) mass is 512 g/mol. The predicted molar refractivity (Wildman–Crippen MR) is 117 cm³/mol. The van der Waals surface area contributed by atoms with Gasteiger partial charge in [0, 0.05) is 23.3 Å². The first-order chi connectivity index (χ1) is 15.3. The number of benzene rings is 3. The van der Waals surface area contributed by atoms with Crippen LogP contribution >= 0.6 is 0 Å². The molecule has 0 saturated carbocycles. The number of hydrogen-bond donors (Lipinski definition) is 4. The predicted octanol–water partition coefficient (Wildman–Crippen LogP) is 2.66. The first-order valence-electron chi connectivity index (χ1n) is 8.83. The minimum Gasteiger partial charge on any atom is -0.345 e. The van der Waals surface area contributed by atoms with Gasteiger partial charge < -0.3 is 4.98 Å². The van der Waals surface area contributed by atoms with Crippen LogP contribution in [0.4, 0.5) is 0 Å². The van der Waals surface area contributed by atoms with Crippen molar-refractivity contribution in [2.75, 3.05) is 0 Å². The van der Waals surface area contributed by atoms with Gasteiger partial charge in [-0.05, 0) is 11.5 Å². The van der Waals surface area contributed by atoms with Crippen molar-refractivity contribution in [2.24, 2.45) is 0 Å². The first kappa shape index (κ1) is 24.5. The van der Waals surface area contributed by atoms with E-state index >= 15 is 0 Å². The topological polar surface area (TPSA) is 192 Å². The lowest BCUT2D eigenvalue weighted by atomic mass is 10.1. The molecule has 0 aliphatic heterocycles. The van der Waals surface area contributed by atoms with Gasteiger partial charge in [0.05, 0.1) is 0 Å². The van der Waals surface area contributed by atoms with Crippen molar-refractivity contribution in [2.45, 2.75) is 14.7 Å². The summed E-state index contributed by atoms with van der Waals surface area (Å²) in [4.78, 5) is 2.87. The summed E-state index contributed by atoms with van der Waals surface area (Å²) in [5.41, 5.74) is 1.12. The van der Waals surface area contributed by atoms with Crippen LogP contribution in [0.5, 0.6) is 0 Å². The Labute approximate surface area is 189 Å². The maximum atomic E-state index is 11.5. The van der Waals surface area contributed by atoms with Crippen molar-refractivity contribution in [1.82, 2.24) is 9.97 Å². The number of nitrogens with zero attached hydrogens (tertiary/aromatic N) is 1. The number of H-pyrrole nitrogens is 1. The summed E-state index contributed by atoms with van der Waals surface area (Å²) in [5.74, 6) is 0.922. The van der Waals surface area contributed by atoms with Gasteiger partial charge in [-0.3, -0.25) is 13.7 Å². The van der Waals surface area contributed by atoms with Gasteiger partial charge in [-0.15, -0.1) is 0 Å². The number of aromatic amines is 1. The molecular formula is C19H16N2O9S3. The van der Waals surface area contributed by atoms with E-state index in [0.717, 1.165) is 17.5 Å². The Morgan fingerprint density at radius 2 is 1.27 bits per heavy atom. The lowest BCUT2D eigenvalue weighted by molar-refractivity contribution is 0.457. The number of fused-ring (bicyclic) bond motifs is 1. The fourth-order valence-corrected chi connectivity index (χ4v) is 6.39. The van der Waals surface area contributed by atoms with Gasteiger partial charge in [-0.25, -0.2) is 4.98 Å². The highest BCUT2D eigenvalue weighted by atomic mass is 32.2. The van der Waals surface area contributed by atoms with Crippen LogP contribution in [0, 0.1) is 0 Å². The molecule has 0 fully saturated rings. The first-order valence-corrected chi connectivity index (χ1v) is 13.1. The molecule has 0 radical (unpaired) electrons. The number of rotatable bonds is 4.